The van der Waals surface area contributed by atoms with Crippen LogP contribution in [0.5, 0.6) is 0 Å². The van der Waals surface area contributed by atoms with Crippen molar-refractivity contribution < 1.29 is 14.6 Å². The molecule has 4 heteroatoms. The highest BCUT2D eigenvalue weighted by Crippen LogP contribution is 2.50. The molecule has 1 amide bonds. The van der Waals surface area contributed by atoms with Crippen molar-refractivity contribution in [3.63, 3.8) is 0 Å². The lowest BCUT2D eigenvalue weighted by atomic mass is 9.56. The molecule has 2 unspecified atom stereocenters. The molecule has 4 nitrogen and oxygen atoms in total. The Morgan fingerprint density at radius 2 is 2.10 bits per heavy atom. The van der Waals surface area contributed by atoms with Gasteiger partial charge in [-0.3, -0.25) is 4.79 Å². The number of aryl methyl sites for hydroxylation is 1. The standard InChI is InChI=1S/C17H25NO3/c1-5-21-14-10-17(20,16(14,3)4)11-18-15(19)13-9-7-6-8-12(13)2/h6-9,14,20H,5,10-11H2,1-4H3,(H,18,19). The van der Waals surface area contributed by atoms with Crippen molar-refractivity contribution >= 4 is 5.91 Å². The van der Waals surface area contributed by atoms with E-state index < -0.39 is 5.60 Å². The van der Waals surface area contributed by atoms with Crippen molar-refractivity contribution in [2.75, 3.05) is 13.2 Å². The smallest absolute Gasteiger partial charge is 0.251 e. The summed E-state index contributed by atoms with van der Waals surface area (Å²) in [4.78, 5) is 12.2. The predicted molar refractivity (Wildman–Crippen MR) is 82.3 cm³/mol. The van der Waals surface area contributed by atoms with Crippen LogP contribution in [0.4, 0.5) is 0 Å². The topological polar surface area (TPSA) is 58.6 Å². The van der Waals surface area contributed by atoms with Gasteiger partial charge in [-0.1, -0.05) is 32.0 Å². The molecule has 1 aliphatic carbocycles. The summed E-state index contributed by atoms with van der Waals surface area (Å²) in [6.07, 6.45) is 0.602. The van der Waals surface area contributed by atoms with Crippen LogP contribution in [0.25, 0.3) is 0 Å². The van der Waals surface area contributed by atoms with Gasteiger partial charge in [0.25, 0.3) is 5.91 Å². The molecule has 2 atom stereocenters. The number of amides is 1. The maximum absolute atomic E-state index is 12.2. The summed E-state index contributed by atoms with van der Waals surface area (Å²) in [6, 6.07) is 7.45. The molecule has 2 rings (SSSR count). The number of rotatable bonds is 5. The van der Waals surface area contributed by atoms with Crippen LogP contribution in [0.3, 0.4) is 0 Å². The summed E-state index contributed by atoms with van der Waals surface area (Å²) in [7, 11) is 0. The lowest BCUT2D eigenvalue weighted by molar-refractivity contribution is -0.237. The Morgan fingerprint density at radius 1 is 1.43 bits per heavy atom. The molecule has 1 aromatic carbocycles. The van der Waals surface area contributed by atoms with Crippen molar-refractivity contribution in [2.24, 2.45) is 5.41 Å². The van der Waals surface area contributed by atoms with Gasteiger partial charge in [-0.25, -0.2) is 0 Å². The lowest BCUT2D eigenvalue weighted by Gasteiger charge is -2.57. The van der Waals surface area contributed by atoms with E-state index in [2.05, 4.69) is 5.32 Å². The summed E-state index contributed by atoms with van der Waals surface area (Å²) >= 11 is 0. The van der Waals surface area contributed by atoms with Crippen molar-refractivity contribution in [3.8, 4) is 0 Å². The number of nitrogens with one attached hydrogen (secondary N) is 1. The molecule has 1 fully saturated rings. The first-order valence-corrected chi connectivity index (χ1v) is 7.49. The van der Waals surface area contributed by atoms with Gasteiger partial charge in [-0.2, -0.15) is 0 Å². The van der Waals surface area contributed by atoms with Crippen LogP contribution in [0.2, 0.25) is 0 Å². The number of carbonyl (C=O) groups excluding carboxylic acids is 1. The molecule has 1 aliphatic rings. The summed E-state index contributed by atoms with van der Waals surface area (Å²) in [6.45, 7) is 8.71. The SMILES string of the molecule is CCOC1CC(O)(CNC(=O)c2ccccc2C)C1(C)C. The van der Waals surface area contributed by atoms with Gasteiger partial charge in [0, 0.05) is 30.6 Å². The average Bonchev–Trinajstić information content (AvgIpc) is 2.45. The van der Waals surface area contributed by atoms with Gasteiger partial charge in [0.1, 0.15) is 0 Å². The molecule has 0 bridgehead atoms. The Kier molecular flexibility index (Phi) is 4.40. The second-order valence-corrected chi connectivity index (χ2v) is 6.40. The number of carbonyl (C=O) groups is 1. The van der Waals surface area contributed by atoms with Crippen molar-refractivity contribution in [2.45, 2.75) is 45.8 Å². The maximum Gasteiger partial charge on any atom is 0.251 e. The zero-order valence-electron chi connectivity index (χ0n) is 13.3. The Morgan fingerprint density at radius 3 is 2.67 bits per heavy atom. The molecule has 0 radical (unpaired) electrons. The molecule has 116 valence electrons. The Labute approximate surface area is 126 Å². The second-order valence-electron chi connectivity index (χ2n) is 6.40. The third-order valence-corrected chi connectivity index (χ3v) is 4.83. The van der Waals surface area contributed by atoms with Crippen LogP contribution in [0.1, 0.15) is 43.1 Å². The molecule has 0 aliphatic heterocycles. The monoisotopic (exact) mass is 291 g/mol. The van der Waals surface area contributed by atoms with Gasteiger partial charge in [-0.05, 0) is 25.5 Å². The lowest BCUT2D eigenvalue weighted by Crippen LogP contribution is -2.68. The Bertz CT molecular complexity index is 527. The van der Waals surface area contributed by atoms with Crippen LogP contribution in [-0.2, 0) is 4.74 Å². The van der Waals surface area contributed by atoms with Gasteiger partial charge < -0.3 is 15.2 Å². The summed E-state index contributed by atoms with van der Waals surface area (Å²) in [5.74, 6) is -0.141. The second kappa shape index (κ2) is 5.78. The van der Waals surface area contributed by atoms with Crippen LogP contribution in [0, 0.1) is 12.3 Å². The van der Waals surface area contributed by atoms with E-state index in [1.165, 1.54) is 0 Å². The highest BCUT2D eigenvalue weighted by Gasteiger charge is 2.59. The third-order valence-electron chi connectivity index (χ3n) is 4.83. The van der Waals surface area contributed by atoms with Crippen molar-refractivity contribution in [1.82, 2.24) is 5.32 Å². The van der Waals surface area contributed by atoms with E-state index in [1.54, 1.807) is 6.07 Å². The zero-order valence-corrected chi connectivity index (χ0v) is 13.3. The molecule has 0 aromatic heterocycles. The molecule has 2 N–H and O–H groups in total. The van der Waals surface area contributed by atoms with E-state index >= 15 is 0 Å². The fourth-order valence-corrected chi connectivity index (χ4v) is 2.91. The average molecular weight is 291 g/mol. The number of hydrogen-bond donors (Lipinski definition) is 2. The summed E-state index contributed by atoms with van der Waals surface area (Å²) in [5, 5.41) is 13.6. The minimum Gasteiger partial charge on any atom is -0.387 e. The van der Waals surface area contributed by atoms with Gasteiger partial charge in [0.2, 0.25) is 0 Å². The van der Waals surface area contributed by atoms with Gasteiger partial charge >= 0.3 is 0 Å². The fraction of sp³-hybridized carbons (Fsp3) is 0.588. The Hall–Kier alpha value is -1.39. The number of hydrogen-bond acceptors (Lipinski definition) is 3. The van der Waals surface area contributed by atoms with E-state index in [9.17, 15) is 9.90 Å². The van der Waals surface area contributed by atoms with Crippen LogP contribution in [0.15, 0.2) is 24.3 Å². The highest BCUT2D eigenvalue weighted by molar-refractivity contribution is 5.95. The van der Waals surface area contributed by atoms with E-state index in [0.29, 0.717) is 18.6 Å². The van der Waals surface area contributed by atoms with Crippen LogP contribution >= 0.6 is 0 Å². The van der Waals surface area contributed by atoms with Gasteiger partial charge in [0.15, 0.2) is 0 Å². The molecular weight excluding hydrogens is 266 g/mol. The zero-order chi connectivity index (χ0) is 15.7. The normalized spacial score (nSPS) is 27.0. The molecular formula is C17H25NO3. The minimum absolute atomic E-state index is 0.0443. The highest BCUT2D eigenvalue weighted by atomic mass is 16.5. The van der Waals surface area contributed by atoms with Crippen LogP contribution < -0.4 is 5.32 Å². The van der Waals surface area contributed by atoms with E-state index in [-0.39, 0.29) is 24.0 Å². The Balaban J connectivity index is 1.98. The van der Waals surface area contributed by atoms with Crippen molar-refractivity contribution in [1.29, 1.82) is 0 Å². The molecule has 0 spiro atoms. The predicted octanol–water partition coefficient (Wildman–Crippen LogP) is 2.29. The summed E-state index contributed by atoms with van der Waals surface area (Å²) in [5.41, 5.74) is 0.314. The first-order chi connectivity index (χ1) is 9.82. The number of benzene rings is 1. The number of ether oxygens (including phenoxy) is 1. The molecule has 1 saturated carbocycles. The molecule has 1 aromatic rings. The quantitative estimate of drug-likeness (QED) is 0.875. The van der Waals surface area contributed by atoms with Crippen LogP contribution in [-0.4, -0.2) is 35.9 Å². The third kappa shape index (κ3) is 2.83. The first-order valence-electron chi connectivity index (χ1n) is 7.49. The fourth-order valence-electron chi connectivity index (χ4n) is 2.91. The molecule has 0 heterocycles. The number of aliphatic hydroxyl groups is 1. The van der Waals surface area contributed by atoms with Crippen molar-refractivity contribution in [3.05, 3.63) is 35.4 Å². The van der Waals surface area contributed by atoms with Gasteiger partial charge in [0.05, 0.1) is 11.7 Å². The molecule has 0 saturated heterocycles. The minimum atomic E-state index is -0.912. The van der Waals surface area contributed by atoms with E-state index in [4.69, 9.17) is 4.74 Å². The van der Waals surface area contributed by atoms with E-state index in [1.807, 2.05) is 45.9 Å². The summed E-state index contributed by atoms with van der Waals surface area (Å²) < 4.78 is 5.63. The first kappa shape index (κ1) is 16.0. The maximum atomic E-state index is 12.2. The van der Waals surface area contributed by atoms with E-state index in [0.717, 1.165) is 5.56 Å². The molecule has 21 heavy (non-hydrogen) atoms. The van der Waals surface area contributed by atoms with Gasteiger partial charge in [-0.15, -0.1) is 0 Å². The largest absolute Gasteiger partial charge is 0.387 e.